The Labute approximate surface area is 154 Å². The molecule has 0 aliphatic carbocycles. The third-order valence-electron chi connectivity index (χ3n) is 4.40. The van der Waals surface area contributed by atoms with Crippen molar-refractivity contribution in [1.29, 1.82) is 0 Å². The summed E-state index contributed by atoms with van der Waals surface area (Å²) in [5, 5.41) is 0. The molecular weight excluding hydrogens is 330 g/mol. The van der Waals surface area contributed by atoms with E-state index in [0.29, 0.717) is 12.2 Å². The van der Waals surface area contributed by atoms with Crippen molar-refractivity contribution in [2.24, 2.45) is 0 Å². The molecule has 1 aliphatic rings. The fraction of sp³-hybridized carbons (Fsp3) is 0.400. The summed E-state index contributed by atoms with van der Waals surface area (Å²) in [7, 11) is 2.00. The molecule has 26 heavy (non-hydrogen) atoms. The van der Waals surface area contributed by atoms with E-state index in [1.807, 2.05) is 13.1 Å². The number of benzene rings is 1. The minimum atomic E-state index is -0.341. The van der Waals surface area contributed by atoms with Gasteiger partial charge in [-0.3, -0.25) is 0 Å². The highest BCUT2D eigenvalue weighted by Gasteiger charge is 2.16. The lowest BCUT2D eigenvalue weighted by molar-refractivity contribution is 0.0526. The van der Waals surface area contributed by atoms with Crippen molar-refractivity contribution in [2.45, 2.75) is 13.5 Å². The molecule has 2 aromatic rings. The van der Waals surface area contributed by atoms with Crippen LogP contribution in [0.4, 0.5) is 11.5 Å². The molecule has 3 rings (SSSR count). The quantitative estimate of drug-likeness (QED) is 0.743. The second-order valence-corrected chi connectivity index (χ2v) is 6.21. The highest BCUT2D eigenvalue weighted by atomic mass is 16.5. The SMILES string of the molecule is CCOC(=O)c1ccc(N(C)Cc2ccccc2N2CCOCC2)nc1. The number of hydrogen-bond donors (Lipinski definition) is 0. The number of esters is 1. The van der Waals surface area contributed by atoms with E-state index in [1.165, 1.54) is 11.3 Å². The summed E-state index contributed by atoms with van der Waals surface area (Å²) in [4.78, 5) is 20.6. The van der Waals surface area contributed by atoms with Crippen LogP contribution in [-0.4, -0.2) is 50.9 Å². The zero-order chi connectivity index (χ0) is 18.4. The van der Waals surface area contributed by atoms with Gasteiger partial charge < -0.3 is 19.3 Å². The van der Waals surface area contributed by atoms with Gasteiger partial charge in [0.1, 0.15) is 5.82 Å². The predicted octanol–water partition coefficient (Wildman–Crippen LogP) is 2.73. The molecule has 6 nitrogen and oxygen atoms in total. The Bertz CT molecular complexity index is 727. The molecule has 0 atom stereocenters. The Hall–Kier alpha value is -2.60. The number of rotatable bonds is 6. The minimum absolute atomic E-state index is 0.341. The maximum Gasteiger partial charge on any atom is 0.339 e. The fourth-order valence-electron chi connectivity index (χ4n) is 3.04. The Morgan fingerprint density at radius 3 is 2.69 bits per heavy atom. The van der Waals surface area contributed by atoms with Gasteiger partial charge in [0.05, 0.1) is 25.4 Å². The molecule has 1 aromatic carbocycles. The van der Waals surface area contributed by atoms with Gasteiger partial charge in [-0.25, -0.2) is 9.78 Å². The molecule has 0 saturated carbocycles. The summed E-state index contributed by atoms with van der Waals surface area (Å²) < 4.78 is 10.5. The first-order valence-electron chi connectivity index (χ1n) is 8.94. The van der Waals surface area contributed by atoms with Crippen LogP contribution in [0.25, 0.3) is 0 Å². The number of para-hydroxylation sites is 1. The van der Waals surface area contributed by atoms with Crippen LogP contribution in [0, 0.1) is 0 Å². The number of pyridine rings is 1. The van der Waals surface area contributed by atoms with Crippen LogP contribution < -0.4 is 9.80 Å². The average molecular weight is 355 g/mol. The van der Waals surface area contributed by atoms with Crippen molar-refractivity contribution in [3.05, 3.63) is 53.7 Å². The van der Waals surface area contributed by atoms with Crippen LogP contribution in [0.1, 0.15) is 22.8 Å². The van der Waals surface area contributed by atoms with Gasteiger partial charge in [0, 0.05) is 38.6 Å². The van der Waals surface area contributed by atoms with Gasteiger partial charge in [0.15, 0.2) is 0 Å². The van der Waals surface area contributed by atoms with Crippen molar-refractivity contribution in [1.82, 2.24) is 4.98 Å². The lowest BCUT2D eigenvalue weighted by atomic mass is 10.1. The van der Waals surface area contributed by atoms with Crippen LogP contribution >= 0.6 is 0 Å². The van der Waals surface area contributed by atoms with E-state index in [2.05, 4.69) is 39.0 Å². The van der Waals surface area contributed by atoms with Crippen LogP contribution in [0.5, 0.6) is 0 Å². The molecule has 1 aromatic heterocycles. The molecule has 6 heteroatoms. The zero-order valence-corrected chi connectivity index (χ0v) is 15.4. The normalized spacial score (nSPS) is 14.2. The molecule has 1 aliphatic heterocycles. The summed E-state index contributed by atoms with van der Waals surface area (Å²) in [6, 6.07) is 12.0. The second kappa shape index (κ2) is 8.67. The first-order valence-corrected chi connectivity index (χ1v) is 8.94. The first-order chi connectivity index (χ1) is 12.7. The highest BCUT2D eigenvalue weighted by molar-refractivity contribution is 5.89. The molecule has 0 spiro atoms. The number of carbonyl (C=O) groups is 1. The van der Waals surface area contributed by atoms with E-state index in [-0.39, 0.29) is 5.97 Å². The molecule has 1 fully saturated rings. The summed E-state index contributed by atoms with van der Waals surface area (Å²) in [6.07, 6.45) is 1.57. The monoisotopic (exact) mass is 355 g/mol. The second-order valence-electron chi connectivity index (χ2n) is 6.21. The summed E-state index contributed by atoms with van der Waals surface area (Å²) in [6.45, 7) is 6.24. The molecule has 1 saturated heterocycles. The fourth-order valence-corrected chi connectivity index (χ4v) is 3.04. The van der Waals surface area contributed by atoms with Gasteiger partial charge in [0.25, 0.3) is 0 Å². The smallest absolute Gasteiger partial charge is 0.339 e. The molecule has 0 amide bonds. The first kappa shape index (κ1) is 18.2. The number of morpholine rings is 1. The van der Waals surface area contributed by atoms with Crippen LogP contribution in [0.15, 0.2) is 42.6 Å². The average Bonchev–Trinajstić information content (AvgIpc) is 2.69. The highest BCUT2D eigenvalue weighted by Crippen LogP contribution is 2.24. The van der Waals surface area contributed by atoms with Gasteiger partial charge in [-0.2, -0.15) is 0 Å². The molecular formula is C20H25N3O3. The zero-order valence-electron chi connectivity index (χ0n) is 15.4. The van der Waals surface area contributed by atoms with Gasteiger partial charge in [-0.15, -0.1) is 0 Å². The third kappa shape index (κ3) is 4.32. The van der Waals surface area contributed by atoms with E-state index in [9.17, 15) is 4.79 Å². The number of ether oxygens (including phenoxy) is 2. The predicted molar refractivity (Wildman–Crippen MR) is 102 cm³/mol. The van der Waals surface area contributed by atoms with Gasteiger partial charge >= 0.3 is 5.97 Å². The van der Waals surface area contributed by atoms with Crippen molar-refractivity contribution >= 4 is 17.5 Å². The molecule has 138 valence electrons. The van der Waals surface area contributed by atoms with E-state index in [0.717, 1.165) is 38.7 Å². The van der Waals surface area contributed by atoms with Crippen LogP contribution in [-0.2, 0) is 16.0 Å². The maximum atomic E-state index is 11.7. The largest absolute Gasteiger partial charge is 0.462 e. The summed E-state index contributed by atoms with van der Waals surface area (Å²) >= 11 is 0. The van der Waals surface area contributed by atoms with Gasteiger partial charge in [-0.1, -0.05) is 18.2 Å². The number of nitrogens with zero attached hydrogens (tertiary/aromatic N) is 3. The lowest BCUT2D eigenvalue weighted by Crippen LogP contribution is -2.37. The maximum absolute atomic E-state index is 11.7. The molecule has 0 radical (unpaired) electrons. The van der Waals surface area contributed by atoms with E-state index < -0.39 is 0 Å². The van der Waals surface area contributed by atoms with E-state index in [1.54, 1.807) is 19.2 Å². The van der Waals surface area contributed by atoms with Crippen LogP contribution in [0.3, 0.4) is 0 Å². The third-order valence-corrected chi connectivity index (χ3v) is 4.40. The van der Waals surface area contributed by atoms with Gasteiger partial charge in [0.2, 0.25) is 0 Å². The minimum Gasteiger partial charge on any atom is -0.462 e. The van der Waals surface area contributed by atoms with Crippen molar-refractivity contribution in [3.8, 4) is 0 Å². The van der Waals surface area contributed by atoms with E-state index in [4.69, 9.17) is 9.47 Å². The Morgan fingerprint density at radius 1 is 1.23 bits per heavy atom. The molecule has 0 N–H and O–H groups in total. The summed E-state index contributed by atoms with van der Waals surface area (Å²) in [5.41, 5.74) is 2.96. The molecule has 0 unspecified atom stereocenters. The van der Waals surface area contributed by atoms with Crippen molar-refractivity contribution in [2.75, 3.05) is 49.8 Å². The van der Waals surface area contributed by atoms with E-state index >= 15 is 0 Å². The standard InChI is InChI=1S/C20H25N3O3/c1-3-26-20(24)16-8-9-19(21-14-16)22(2)15-17-6-4-5-7-18(17)23-10-12-25-13-11-23/h4-9,14H,3,10-13,15H2,1-2H3. The Kier molecular flexibility index (Phi) is 6.07. The number of anilines is 2. The number of hydrogen-bond acceptors (Lipinski definition) is 6. The topological polar surface area (TPSA) is 54.9 Å². The molecule has 0 bridgehead atoms. The van der Waals surface area contributed by atoms with Crippen molar-refractivity contribution < 1.29 is 14.3 Å². The molecule has 2 heterocycles. The van der Waals surface area contributed by atoms with Gasteiger partial charge in [-0.05, 0) is 30.7 Å². The Balaban J connectivity index is 1.72. The Morgan fingerprint density at radius 2 is 2.00 bits per heavy atom. The summed E-state index contributed by atoms with van der Waals surface area (Å²) in [5.74, 6) is 0.474. The number of carbonyl (C=O) groups excluding carboxylic acids is 1. The lowest BCUT2D eigenvalue weighted by Gasteiger charge is -2.31. The number of aromatic nitrogens is 1. The van der Waals surface area contributed by atoms with Crippen LogP contribution in [0.2, 0.25) is 0 Å². The van der Waals surface area contributed by atoms with Crippen molar-refractivity contribution in [3.63, 3.8) is 0 Å².